The summed E-state index contributed by atoms with van der Waals surface area (Å²) >= 11 is 6.44. The Bertz CT molecular complexity index is 975. The minimum atomic E-state index is 0.700. The second-order valence-electron chi connectivity index (χ2n) is 8.04. The molecule has 0 radical (unpaired) electrons. The Labute approximate surface area is 184 Å². The van der Waals surface area contributed by atoms with Crippen LogP contribution in [0.4, 0.5) is 0 Å². The molecule has 1 aromatic heterocycles. The molecule has 0 unspecified atom stereocenters. The first-order chi connectivity index (χ1) is 14.6. The summed E-state index contributed by atoms with van der Waals surface area (Å²) in [5.74, 6) is 0. The zero-order valence-corrected chi connectivity index (χ0v) is 18.6. The van der Waals surface area contributed by atoms with Crippen LogP contribution in [0.15, 0.2) is 54.7 Å². The summed E-state index contributed by atoms with van der Waals surface area (Å²) in [5, 5.41) is 9.25. The molecule has 0 amide bonds. The Balaban J connectivity index is 1.51. The Kier molecular flexibility index (Phi) is 6.85. The standard InChI is InChI=1S/C24H30ClN5/c1-19-7-3-4-8-21(19)24-20(17-26-11-12-29-15-13-28(2)14-16-29)18-30(27-24)23-10-6-5-9-22(23)25/h3-10,18,26H,11-17H2,1-2H3. The van der Waals surface area contributed by atoms with Crippen LogP contribution in [0.1, 0.15) is 11.1 Å². The van der Waals surface area contributed by atoms with Crippen molar-refractivity contribution in [3.63, 3.8) is 0 Å². The van der Waals surface area contributed by atoms with E-state index in [1.807, 2.05) is 28.9 Å². The van der Waals surface area contributed by atoms with E-state index in [4.69, 9.17) is 16.7 Å². The number of hydrogen-bond acceptors (Lipinski definition) is 4. The molecule has 1 saturated heterocycles. The molecule has 1 fully saturated rings. The summed E-state index contributed by atoms with van der Waals surface area (Å²) in [6, 6.07) is 16.3. The van der Waals surface area contributed by atoms with Gasteiger partial charge in [0.1, 0.15) is 0 Å². The molecule has 0 spiro atoms. The molecule has 1 aliphatic rings. The lowest BCUT2D eigenvalue weighted by molar-refractivity contribution is 0.154. The molecule has 2 heterocycles. The highest BCUT2D eigenvalue weighted by molar-refractivity contribution is 6.32. The predicted molar refractivity (Wildman–Crippen MR) is 124 cm³/mol. The van der Waals surface area contributed by atoms with Gasteiger partial charge in [0, 0.05) is 63.1 Å². The minimum absolute atomic E-state index is 0.700. The van der Waals surface area contributed by atoms with Crippen LogP contribution in [0, 0.1) is 6.92 Å². The SMILES string of the molecule is Cc1ccccc1-c1nn(-c2ccccc2Cl)cc1CNCCN1CCN(C)CC1. The summed E-state index contributed by atoms with van der Waals surface area (Å²) in [7, 11) is 2.19. The van der Waals surface area contributed by atoms with E-state index in [1.165, 1.54) is 16.7 Å². The van der Waals surface area contributed by atoms with Gasteiger partial charge in [0.05, 0.1) is 16.4 Å². The lowest BCUT2D eigenvalue weighted by Gasteiger charge is -2.32. The normalized spacial score (nSPS) is 15.6. The fourth-order valence-corrected chi connectivity index (χ4v) is 4.12. The van der Waals surface area contributed by atoms with Crippen molar-refractivity contribution in [1.29, 1.82) is 0 Å². The second-order valence-corrected chi connectivity index (χ2v) is 8.44. The van der Waals surface area contributed by atoms with Gasteiger partial charge in [-0.3, -0.25) is 4.90 Å². The quantitative estimate of drug-likeness (QED) is 0.586. The van der Waals surface area contributed by atoms with E-state index in [0.717, 1.165) is 57.2 Å². The predicted octanol–water partition coefficient (Wildman–Crippen LogP) is 3.84. The van der Waals surface area contributed by atoms with Gasteiger partial charge in [-0.1, -0.05) is 48.0 Å². The fraction of sp³-hybridized carbons (Fsp3) is 0.375. The first kappa shape index (κ1) is 21.1. The number of nitrogens with one attached hydrogen (secondary N) is 1. The maximum Gasteiger partial charge on any atom is 0.0975 e. The Hall–Kier alpha value is -2.18. The zero-order chi connectivity index (χ0) is 20.9. The monoisotopic (exact) mass is 423 g/mol. The Morgan fingerprint density at radius 3 is 2.50 bits per heavy atom. The third-order valence-electron chi connectivity index (χ3n) is 5.81. The van der Waals surface area contributed by atoms with Crippen molar-refractivity contribution < 1.29 is 0 Å². The van der Waals surface area contributed by atoms with E-state index in [9.17, 15) is 0 Å². The molecule has 2 aromatic carbocycles. The molecule has 0 saturated carbocycles. The molecule has 158 valence electrons. The van der Waals surface area contributed by atoms with E-state index in [0.29, 0.717) is 5.02 Å². The Morgan fingerprint density at radius 2 is 1.73 bits per heavy atom. The van der Waals surface area contributed by atoms with E-state index in [2.05, 4.69) is 59.6 Å². The number of halogens is 1. The average molecular weight is 424 g/mol. The maximum atomic E-state index is 6.44. The highest BCUT2D eigenvalue weighted by Gasteiger charge is 2.16. The number of benzene rings is 2. The van der Waals surface area contributed by atoms with Gasteiger partial charge in [0.25, 0.3) is 0 Å². The van der Waals surface area contributed by atoms with E-state index in [-0.39, 0.29) is 0 Å². The number of likely N-dealkylation sites (N-methyl/N-ethyl adjacent to an activating group) is 1. The number of aromatic nitrogens is 2. The van der Waals surface area contributed by atoms with Crippen LogP contribution in [0.5, 0.6) is 0 Å². The molecular weight excluding hydrogens is 394 g/mol. The number of piperazine rings is 1. The van der Waals surface area contributed by atoms with Crippen LogP contribution in [0.3, 0.4) is 0 Å². The van der Waals surface area contributed by atoms with Crippen LogP contribution in [-0.4, -0.2) is 65.9 Å². The van der Waals surface area contributed by atoms with Crippen LogP contribution in [0.2, 0.25) is 5.02 Å². The molecule has 5 nitrogen and oxygen atoms in total. The Morgan fingerprint density at radius 1 is 1.00 bits per heavy atom. The number of aryl methyl sites for hydroxylation is 1. The number of nitrogens with zero attached hydrogens (tertiary/aromatic N) is 4. The van der Waals surface area contributed by atoms with Crippen molar-refractivity contribution in [3.8, 4) is 16.9 Å². The minimum Gasteiger partial charge on any atom is -0.311 e. The van der Waals surface area contributed by atoms with Crippen molar-refractivity contribution in [2.45, 2.75) is 13.5 Å². The molecule has 4 rings (SSSR count). The molecule has 1 aliphatic heterocycles. The summed E-state index contributed by atoms with van der Waals surface area (Å²) in [4.78, 5) is 4.92. The highest BCUT2D eigenvalue weighted by Crippen LogP contribution is 2.28. The van der Waals surface area contributed by atoms with E-state index in [1.54, 1.807) is 0 Å². The molecule has 6 heteroatoms. The summed E-state index contributed by atoms with van der Waals surface area (Å²) in [6.07, 6.45) is 2.10. The molecule has 3 aromatic rings. The molecule has 0 aliphatic carbocycles. The smallest absolute Gasteiger partial charge is 0.0975 e. The van der Waals surface area contributed by atoms with Gasteiger partial charge in [-0.2, -0.15) is 5.10 Å². The van der Waals surface area contributed by atoms with Gasteiger partial charge < -0.3 is 10.2 Å². The van der Waals surface area contributed by atoms with Gasteiger partial charge in [-0.25, -0.2) is 4.68 Å². The largest absolute Gasteiger partial charge is 0.311 e. The van der Waals surface area contributed by atoms with E-state index >= 15 is 0 Å². The summed E-state index contributed by atoms with van der Waals surface area (Å²) in [6.45, 7) is 9.56. The van der Waals surface area contributed by atoms with Gasteiger partial charge in [-0.15, -0.1) is 0 Å². The van der Waals surface area contributed by atoms with Crippen molar-refractivity contribution >= 4 is 11.6 Å². The third-order valence-corrected chi connectivity index (χ3v) is 6.13. The van der Waals surface area contributed by atoms with E-state index < -0.39 is 0 Å². The van der Waals surface area contributed by atoms with Crippen molar-refractivity contribution in [1.82, 2.24) is 24.9 Å². The van der Waals surface area contributed by atoms with Gasteiger partial charge >= 0.3 is 0 Å². The summed E-state index contributed by atoms with van der Waals surface area (Å²) in [5.41, 5.74) is 5.49. The molecule has 0 atom stereocenters. The first-order valence-electron chi connectivity index (χ1n) is 10.6. The van der Waals surface area contributed by atoms with Crippen molar-refractivity contribution in [2.24, 2.45) is 0 Å². The lowest BCUT2D eigenvalue weighted by Crippen LogP contribution is -2.46. The number of hydrogen-bond donors (Lipinski definition) is 1. The fourth-order valence-electron chi connectivity index (χ4n) is 3.90. The average Bonchev–Trinajstić information content (AvgIpc) is 3.17. The van der Waals surface area contributed by atoms with Gasteiger partial charge in [-0.05, 0) is 31.7 Å². The first-order valence-corrected chi connectivity index (χ1v) is 11.0. The maximum absolute atomic E-state index is 6.44. The van der Waals surface area contributed by atoms with Crippen molar-refractivity contribution in [2.75, 3.05) is 46.3 Å². The van der Waals surface area contributed by atoms with Crippen molar-refractivity contribution in [3.05, 3.63) is 70.9 Å². The number of para-hydroxylation sites is 1. The van der Waals surface area contributed by atoms with Crippen LogP contribution in [-0.2, 0) is 6.54 Å². The topological polar surface area (TPSA) is 36.3 Å². The van der Waals surface area contributed by atoms with Crippen LogP contribution < -0.4 is 5.32 Å². The number of rotatable bonds is 7. The third kappa shape index (κ3) is 4.93. The van der Waals surface area contributed by atoms with Gasteiger partial charge in [0.15, 0.2) is 0 Å². The van der Waals surface area contributed by atoms with Crippen LogP contribution in [0.25, 0.3) is 16.9 Å². The molecular formula is C24H30ClN5. The van der Waals surface area contributed by atoms with Gasteiger partial charge in [0.2, 0.25) is 0 Å². The van der Waals surface area contributed by atoms with Crippen LogP contribution >= 0.6 is 11.6 Å². The molecule has 30 heavy (non-hydrogen) atoms. The molecule has 1 N–H and O–H groups in total. The highest BCUT2D eigenvalue weighted by atomic mass is 35.5. The summed E-state index contributed by atoms with van der Waals surface area (Å²) < 4.78 is 1.90. The molecule has 0 bridgehead atoms. The lowest BCUT2D eigenvalue weighted by atomic mass is 10.0. The zero-order valence-electron chi connectivity index (χ0n) is 17.8. The second kappa shape index (κ2) is 9.75.